The van der Waals surface area contributed by atoms with Crippen molar-refractivity contribution < 1.29 is 9.90 Å². The lowest BCUT2D eigenvalue weighted by molar-refractivity contribution is 0.0917. The Bertz CT molecular complexity index is 992. The Hall–Kier alpha value is -2.93. The van der Waals surface area contributed by atoms with Crippen molar-refractivity contribution in [3.05, 3.63) is 42.1 Å². The number of hydrogen-bond donors (Lipinski definition) is 4. The molecule has 28 heavy (non-hydrogen) atoms. The molecule has 1 amide bonds. The van der Waals surface area contributed by atoms with E-state index in [1.807, 2.05) is 0 Å². The first-order chi connectivity index (χ1) is 13.6. The SMILES string of the molecule is CCCC1(C(CN)NC(=O)c2cc(-c3ccc(O)cc3)nc3[nH]ncc23)CC1. The van der Waals surface area contributed by atoms with Crippen LogP contribution in [0.25, 0.3) is 22.3 Å². The fraction of sp³-hybridized carbons (Fsp3) is 0.381. The van der Waals surface area contributed by atoms with Gasteiger partial charge in [-0.15, -0.1) is 0 Å². The number of aromatic nitrogens is 3. The van der Waals surface area contributed by atoms with Crippen LogP contribution in [-0.2, 0) is 0 Å². The van der Waals surface area contributed by atoms with E-state index in [4.69, 9.17) is 5.73 Å². The van der Waals surface area contributed by atoms with E-state index in [-0.39, 0.29) is 23.1 Å². The molecular weight excluding hydrogens is 354 g/mol. The molecular formula is C21H25N5O2. The lowest BCUT2D eigenvalue weighted by atomic mass is 9.91. The molecule has 1 aromatic carbocycles. The predicted octanol–water partition coefficient (Wildman–Crippen LogP) is 2.97. The van der Waals surface area contributed by atoms with Crippen LogP contribution in [0.15, 0.2) is 36.5 Å². The van der Waals surface area contributed by atoms with E-state index in [2.05, 4.69) is 27.4 Å². The smallest absolute Gasteiger partial charge is 0.252 e. The van der Waals surface area contributed by atoms with E-state index in [1.54, 1.807) is 36.5 Å². The zero-order valence-electron chi connectivity index (χ0n) is 15.9. The number of H-pyrrole nitrogens is 1. The molecule has 1 fully saturated rings. The van der Waals surface area contributed by atoms with Crippen molar-refractivity contribution in [2.24, 2.45) is 11.1 Å². The van der Waals surface area contributed by atoms with Gasteiger partial charge in [0.25, 0.3) is 5.91 Å². The Kier molecular flexibility index (Phi) is 4.77. The Balaban J connectivity index is 1.68. The van der Waals surface area contributed by atoms with Crippen LogP contribution in [0.3, 0.4) is 0 Å². The molecule has 1 saturated carbocycles. The van der Waals surface area contributed by atoms with Gasteiger partial charge in [-0.2, -0.15) is 5.10 Å². The average molecular weight is 379 g/mol. The lowest BCUT2D eigenvalue weighted by Gasteiger charge is -2.26. The summed E-state index contributed by atoms with van der Waals surface area (Å²) in [5.74, 6) is 0.0208. The molecule has 1 atom stereocenters. The molecule has 0 saturated heterocycles. The first kappa shape index (κ1) is 18.4. The van der Waals surface area contributed by atoms with Crippen molar-refractivity contribution in [3.63, 3.8) is 0 Å². The number of carbonyl (C=O) groups is 1. The maximum absolute atomic E-state index is 13.2. The van der Waals surface area contributed by atoms with Crippen LogP contribution >= 0.6 is 0 Å². The summed E-state index contributed by atoms with van der Waals surface area (Å²) in [6, 6.07) is 8.47. The zero-order chi connectivity index (χ0) is 19.7. The number of rotatable bonds is 7. The molecule has 7 heteroatoms. The largest absolute Gasteiger partial charge is 0.508 e. The molecule has 0 spiro atoms. The molecule has 1 aliphatic carbocycles. The number of nitrogens with zero attached hydrogens (tertiary/aromatic N) is 2. The van der Waals surface area contributed by atoms with E-state index < -0.39 is 0 Å². The normalized spacial score (nSPS) is 16.1. The molecule has 1 unspecified atom stereocenters. The Morgan fingerprint density at radius 2 is 2.11 bits per heavy atom. The topological polar surface area (TPSA) is 117 Å². The molecule has 0 bridgehead atoms. The third-order valence-electron chi connectivity index (χ3n) is 5.75. The monoisotopic (exact) mass is 379 g/mol. The molecule has 146 valence electrons. The Morgan fingerprint density at radius 3 is 2.75 bits per heavy atom. The second-order valence-corrected chi connectivity index (χ2v) is 7.61. The standard InChI is InChI=1S/C21H25N5O2/c1-2-7-21(8-9-21)18(11-22)25-20(28)15-10-17(13-3-5-14(27)6-4-13)24-19-16(15)12-23-26-19/h3-6,10,12,18,27H,2,7-9,11,22H2,1H3,(H,25,28)(H,23,24,26). The van der Waals surface area contributed by atoms with Gasteiger partial charge in [0.05, 0.1) is 22.8 Å². The first-order valence-corrected chi connectivity index (χ1v) is 9.71. The molecule has 5 N–H and O–H groups in total. The number of hydrogen-bond acceptors (Lipinski definition) is 5. The van der Waals surface area contributed by atoms with E-state index in [0.717, 1.165) is 31.2 Å². The second-order valence-electron chi connectivity index (χ2n) is 7.61. The first-order valence-electron chi connectivity index (χ1n) is 9.71. The minimum absolute atomic E-state index is 0.0350. The molecule has 2 heterocycles. The number of amides is 1. The van der Waals surface area contributed by atoms with E-state index in [0.29, 0.717) is 28.8 Å². The fourth-order valence-corrected chi connectivity index (χ4v) is 4.03. The highest BCUT2D eigenvalue weighted by Gasteiger charge is 2.48. The number of benzene rings is 1. The number of nitrogens with one attached hydrogen (secondary N) is 2. The molecule has 4 rings (SSSR count). The van der Waals surface area contributed by atoms with Crippen LogP contribution < -0.4 is 11.1 Å². The summed E-state index contributed by atoms with van der Waals surface area (Å²) >= 11 is 0. The number of phenols is 1. The Labute approximate surface area is 163 Å². The summed E-state index contributed by atoms with van der Waals surface area (Å²) in [6.07, 6.45) is 6.00. The van der Waals surface area contributed by atoms with Crippen molar-refractivity contribution in [3.8, 4) is 17.0 Å². The number of carbonyl (C=O) groups excluding carboxylic acids is 1. The minimum Gasteiger partial charge on any atom is -0.508 e. The van der Waals surface area contributed by atoms with Gasteiger partial charge in [0.1, 0.15) is 5.75 Å². The van der Waals surface area contributed by atoms with E-state index in [1.165, 1.54) is 0 Å². The van der Waals surface area contributed by atoms with Gasteiger partial charge in [-0.05, 0) is 55.0 Å². The van der Waals surface area contributed by atoms with Gasteiger partial charge in [-0.1, -0.05) is 13.3 Å². The van der Waals surface area contributed by atoms with Crippen molar-refractivity contribution >= 4 is 16.9 Å². The van der Waals surface area contributed by atoms with Gasteiger partial charge in [0.15, 0.2) is 5.65 Å². The summed E-state index contributed by atoms with van der Waals surface area (Å²) in [4.78, 5) is 17.7. The van der Waals surface area contributed by atoms with Crippen molar-refractivity contribution in [1.82, 2.24) is 20.5 Å². The van der Waals surface area contributed by atoms with Crippen LogP contribution in [0, 0.1) is 5.41 Å². The lowest BCUT2D eigenvalue weighted by Crippen LogP contribution is -2.46. The molecule has 0 aliphatic heterocycles. The van der Waals surface area contributed by atoms with Crippen LogP contribution in [0.4, 0.5) is 0 Å². The van der Waals surface area contributed by atoms with Crippen LogP contribution in [0.1, 0.15) is 43.0 Å². The van der Waals surface area contributed by atoms with Crippen molar-refractivity contribution in [2.75, 3.05) is 6.54 Å². The number of aromatic hydroxyl groups is 1. The number of pyridine rings is 1. The summed E-state index contributed by atoms with van der Waals surface area (Å²) in [5, 5.41) is 20.3. The van der Waals surface area contributed by atoms with Crippen LogP contribution in [0.5, 0.6) is 5.75 Å². The van der Waals surface area contributed by atoms with Gasteiger partial charge >= 0.3 is 0 Å². The Morgan fingerprint density at radius 1 is 1.36 bits per heavy atom. The van der Waals surface area contributed by atoms with Gasteiger partial charge in [0.2, 0.25) is 0 Å². The molecule has 1 aliphatic rings. The average Bonchev–Trinajstić information content (AvgIpc) is 3.32. The fourth-order valence-electron chi connectivity index (χ4n) is 4.03. The zero-order valence-corrected chi connectivity index (χ0v) is 15.9. The van der Waals surface area contributed by atoms with Crippen molar-refractivity contribution in [1.29, 1.82) is 0 Å². The minimum atomic E-state index is -0.161. The number of phenolic OH excluding ortho intramolecular Hbond substituents is 1. The van der Waals surface area contributed by atoms with Gasteiger partial charge < -0.3 is 16.2 Å². The highest BCUT2D eigenvalue weighted by molar-refractivity contribution is 6.06. The molecule has 2 aromatic heterocycles. The molecule has 7 nitrogen and oxygen atoms in total. The summed E-state index contributed by atoms with van der Waals surface area (Å²) < 4.78 is 0. The number of nitrogens with two attached hydrogens (primary N) is 1. The summed E-state index contributed by atoms with van der Waals surface area (Å²) in [5.41, 5.74) is 8.67. The van der Waals surface area contributed by atoms with Crippen molar-refractivity contribution in [2.45, 2.75) is 38.6 Å². The van der Waals surface area contributed by atoms with Gasteiger partial charge in [-0.25, -0.2) is 4.98 Å². The third kappa shape index (κ3) is 3.33. The number of aromatic amines is 1. The quantitative estimate of drug-likeness (QED) is 0.503. The van der Waals surface area contributed by atoms with E-state index in [9.17, 15) is 9.90 Å². The number of fused-ring (bicyclic) bond motifs is 1. The predicted molar refractivity (Wildman–Crippen MR) is 108 cm³/mol. The third-order valence-corrected chi connectivity index (χ3v) is 5.75. The van der Waals surface area contributed by atoms with Gasteiger partial charge in [0, 0.05) is 18.2 Å². The highest BCUT2D eigenvalue weighted by Crippen LogP contribution is 2.52. The van der Waals surface area contributed by atoms with E-state index >= 15 is 0 Å². The maximum Gasteiger partial charge on any atom is 0.252 e. The second kappa shape index (κ2) is 7.24. The summed E-state index contributed by atoms with van der Waals surface area (Å²) in [7, 11) is 0. The maximum atomic E-state index is 13.2. The molecule has 3 aromatic rings. The van der Waals surface area contributed by atoms with Gasteiger partial charge in [-0.3, -0.25) is 9.89 Å². The molecule has 0 radical (unpaired) electrons. The van der Waals surface area contributed by atoms with Crippen LogP contribution in [0.2, 0.25) is 0 Å². The van der Waals surface area contributed by atoms with Crippen LogP contribution in [-0.4, -0.2) is 38.8 Å². The summed E-state index contributed by atoms with van der Waals surface area (Å²) in [6.45, 7) is 2.59. The highest BCUT2D eigenvalue weighted by atomic mass is 16.3.